The minimum absolute atomic E-state index is 0.0188. The first-order valence-electron chi connectivity index (χ1n) is 12.3. The van der Waals surface area contributed by atoms with Crippen LogP contribution in [0.3, 0.4) is 0 Å². The maximum Gasteiger partial charge on any atom is 0.233 e. The summed E-state index contributed by atoms with van der Waals surface area (Å²) >= 11 is 0. The molecule has 3 aliphatic heterocycles. The quantitative estimate of drug-likeness (QED) is 0.489. The van der Waals surface area contributed by atoms with E-state index in [0.29, 0.717) is 6.04 Å². The minimum Gasteiger partial charge on any atom is -0.370 e. The molecule has 0 bridgehead atoms. The van der Waals surface area contributed by atoms with E-state index in [0.717, 1.165) is 85.8 Å². The van der Waals surface area contributed by atoms with Crippen molar-refractivity contribution in [1.82, 2.24) is 25.1 Å². The fourth-order valence-corrected chi connectivity index (χ4v) is 5.51. The van der Waals surface area contributed by atoms with Gasteiger partial charge in [-0.05, 0) is 63.7 Å². The van der Waals surface area contributed by atoms with Gasteiger partial charge in [-0.1, -0.05) is 0 Å². The molecule has 0 spiro atoms. The first-order valence-corrected chi connectivity index (χ1v) is 12.3. The Morgan fingerprint density at radius 2 is 1.91 bits per heavy atom. The standard InChI is InChI=1S/C24H32N8O/c33-24(18-6-9-26-23-22(18)27-15-28-23)29-20-12-16-14-32(17-4-7-25-8-5-17)30-19(16)13-21(20)31-10-2-1-3-11-31/h12-15,17-18,25-26H,1-11H2,(H,27,28)(H,29,33). The molecule has 9 heteroatoms. The van der Waals surface area contributed by atoms with Crippen LogP contribution in [0.25, 0.3) is 10.9 Å². The second kappa shape index (κ2) is 8.70. The Hall–Kier alpha value is -3.07. The molecule has 2 saturated heterocycles. The van der Waals surface area contributed by atoms with Crippen LogP contribution in [-0.4, -0.2) is 58.4 Å². The molecule has 3 aliphatic rings. The molecule has 1 atom stereocenters. The minimum atomic E-state index is -0.230. The number of carbonyl (C=O) groups is 1. The van der Waals surface area contributed by atoms with Gasteiger partial charge in [-0.3, -0.25) is 9.48 Å². The Labute approximate surface area is 193 Å². The highest BCUT2D eigenvalue weighted by Crippen LogP contribution is 2.36. The smallest absolute Gasteiger partial charge is 0.233 e. The van der Waals surface area contributed by atoms with Crippen molar-refractivity contribution in [3.05, 3.63) is 30.4 Å². The summed E-state index contributed by atoms with van der Waals surface area (Å²) in [6, 6.07) is 4.73. The summed E-state index contributed by atoms with van der Waals surface area (Å²) in [6.45, 7) is 4.85. The normalized spacial score (nSPS) is 21.6. The summed E-state index contributed by atoms with van der Waals surface area (Å²) in [5.41, 5.74) is 3.85. The summed E-state index contributed by atoms with van der Waals surface area (Å²) in [6.07, 6.45) is 10.4. The van der Waals surface area contributed by atoms with Gasteiger partial charge in [0.2, 0.25) is 5.91 Å². The zero-order valence-corrected chi connectivity index (χ0v) is 18.9. The molecule has 1 unspecified atom stereocenters. The summed E-state index contributed by atoms with van der Waals surface area (Å²) in [7, 11) is 0. The highest BCUT2D eigenvalue weighted by Gasteiger charge is 2.30. The second-order valence-electron chi connectivity index (χ2n) is 9.49. The molecule has 2 fully saturated rings. The van der Waals surface area contributed by atoms with Crippen LogP contribution in [0.5, 0.6) is 0 Å². The zero-order valence-electron chi connectivity index (χ0n) is 18.9. The summed E-state index contributed by atoms with van der Waals surface area (Å²) in [5, 5.41) is 16.0. The average Bonchev–Trinajstić information content (AvgIpc) is 3.51. The van der Waals surface area contributed by atoms with Gasteiger partial charge in [0.1, 0.15) is 5.82 Å². The van der Waals surface area contributed by atoms with Crippen LogP contribution in [0.4, 0.5) is 17.2 Å². The lowest BCUT2D eigenvalue weighted by atomic mass is 9.97. The Morgan fingerprint density at radius 3 is 2.76 bits per heavy atom. The molecule has 1 amide bonds. The van der Waals surface area contributed by atoms with Crippen LogP contribution in [-0.2, 0) is 4.79 Å². The van der Waals surface area contributed by atoms with Gasteiger partial charge in [0, 0.05) is 31.2 Å². The fraction of sp³-hybridized carbons (Fsp3) is 0.542. The van der Waals surface area contributed by atoms with Gasteiger partial charge in [0.15, 0.2) is 0 Å². The van der Waals surface area contributed by atoms with Gasteiger partial charge in [0.25, 0.3) is 0 Å². The molecule has 3 aromatic rings. The SMILES string of the molecule is O=C(Nc1cc2cn(C3CCNCC3)nc2cc1N1CCCCC1)C1CCNc2nc[nH]c21. The number of H-pyrrole nitrogens is 1. The number of nitrogens with zero attached hydrogens (tertiary/aromatic N) is 4. The van der Waals surface area contributed by atoms with Crippen molar-refractivity contribution in [2.75, 3.05) is 48.3 Å². The number of hydrogen-bond donors (Lipinski definition) is 4. The molecule has 0 radical (unpaired) electrons. The van der Waals surface area contributed by atoms with Gasteiger partial charge in [-0.25, -0.2) is 4.98 Å². The van der Waals surface area contributed by atoms with Crippen molar-refractivity contribution in [2.24, 2.45) is 0 Å². The Kier molecular flexibility index (Phi) is 5.41. The first kappa shape index (κ1) is 20.5. The molecule has 174 valence electrons. The van der Waals surface area contributed by atoms with E-state index in [4.69, 9.17) is 5.10 Å². The molecule has 0 saturated carbocycles. The Bertz CT molecular complexity index is 1140. The summed E-state index contributed by atoms with van der Waals surface area (Å²) in [5.74, 6) is 0.577. The molecule has 6 rings (SSSR count). The molecular formula is C24H32N8O. The highest BCUT2D eigenvalue weighted by molar-refractivity contribution is 6.02. The average molecular weight is 449 g/mol. The molecule has 5 heterocycles. The summed E-state index contributed by atoms with van der Waals surface area (Å²) < 4.78 is 2.14. The number of amides is 1. The van der Waals surface area contributed by atoms with Gasteiger partial charge in [0.05, 0.1) is 40.9 Å². The highest BCUT2D eigenvalue weighted by atomic mass is 16.1. The lowest BCUT2D eigenvalue weighted by Crippen LogP contribution is -2.32. The van der Waals surface area contributed by atoms with Crippen molar-refractivity contribution < 1.29 is 4.79 Å². The number of imidazole rings is 1. The number of anilines is 3. The molecule has 9 nitrogen and oxygen atoms in total. The number of carbonyl (C=O) groups excluding carboxylic acids is 1. The molecule has 4 N–H and O–H groups in total. The van der Waals surface area contributed by atoms with Gasteiger partial charge in [-0.2, -0.15) is 5.10 Å². The maximum atomic E-state index is 13.4. The van der Waals surface area contributed by atoms with Crippen LogP contribution < -0.4 is 20.9 Å². The van der Waals surface area contributed by atoms with E-state index < -0.39 is 0 Å². The van der Waals surface area contributed by atoms with Crippen molar-refractivity contribution >= 4 is 34.0 Å². The van der Waals surface area contributed by atoms with E-state index in [1.807, 2.05) is 0 Å². The van der Waals surface area contributed by atoms with E-state index in [2.05, 4.69) is 53.8 Å². The third-order valence-electron chi connectivity index (χ3n) is 7.34. The van der Waals surface area contributed by atoms with Crippen molar-refractivity contribution in [1.29, 1.82) is 0 Å². The number of piperidine rings is 2. The van der Waals surface area contributed by atoms with Crippen LogP contribution in [0.15, 0.2) is 24.7 Å². The van der Waals surface area contributed by atoms with E-state index in [-0.39, 0.29) is 11.8 Å². The van der Waals surface area contributed by atoms with Gasteiger partial charge >= 0.3 is 0 Å². The molecule has 0 aliphatic carbocycles. The van der Waals surface area contributed by atoms with Crippen molar-refractivity contribution in [3.8, 4) is 0 Å². The van der Waals surface area contributed by atoms with Crippen molar-refractivity contribution in [2.45, 2.75) is 50.5 Å². The molecule has 1 aromatic carbocycles. The number of nitrogens with one attached hydrogen (secondary N) is 4. The second-order valence-corrected chi connectivity index (χ2v) is 9.49. The molecule has 33 heavy (non-hydrogen) atoms. The van der Waals surface area contributed by atoms with Crippen LogP contribution in [0.2, 0.25) is 0 Å². The third-order valence-corrected chi connectivity index (χ3v) is 7.34. The molecule has 2 aromatic heterocycles. The monoisotopic (exact) mass is 448 g/mol. The Balaban J connectivity index is 1.34. The fourth-order valence-electron chi connectivity index (χ4n) is 5.51. The summed E-state index contributed by atoms with van der Waals surface area (Å²) in [4.78, 5) is 23.3. The number of hydrogen-bond acceptors (Lipinski definition) is 6. The van der Waals surface area contributed by atoms with Gasteiger partial charge in [-0.15, -0.1) is 0 Å². The van der Waals surface area contributed by atoms with E-state index in [1.54, 1.807) is 6.33 Å². The lowest BCUT2D eigenvalue weighted by Gasteiger charge is -2.31. The van der Waals surface area contributed by atoms with E-state index in [1.165, 1.54) is 19.3 Å². The van der Waals surface area contributed by atoms with Crippen molar-refractivity contribution in [3.63, 3.8) is 0 Å². The van der Waals surface area contributed by atoms with Crippen LogP contribution in [0, 0.1) is 0 Å². The number of aromatic nitrogens is 4. The molecular weight excluding hydrogens is 416 g/mol. The number of aromatic amines is 1. The number of rotatable bonds is 4. The van der Waals surface area contributed by atoms with E-state index in [9.17, 15) is 4.79 Å². The third kappa shape index (κ3) is 3.94. The zero-order chi connectivity index (χ0) is 22.2. The van der Waals surface area contributed by atoms with Crippen LogP contribution >= 0.6 is 0 Å². The predicted molar refractivity (Wildman–Crippen MR) is 130 cm³/mol. The predicted octanol–water partition coefficient (Wildman–Crippen LogP) is 3.21. The Morgan fingerprint density at radius 1 is 1.06 bits per heavy atom. The van der Waals surface area contributed by atoms with Crippen LogP contribution in [0.1, 0.15) is 56.2 Å². The number of benzene rings is 1. The van der Waals surface area contributed by atoms with Gasteiger partial charge < -0.3 is 25.8 Å². The topological polar surface area (TPSA) is 103 Å². The maximum absolute atomic E-state index is 13.4. The largest absolute Gasteiger partial charge is 0.370 e. The van der Waals surface area contributed by atoms with E-state index >= 15 is 0 Å². The number of fused-ring (bicyclic) bond motifs is 2. The first-order chi connectivity index (χ1) is 16.3. The lowest BCUT2D eigenvalue weighted by molar-refractivity contribution is -0.117.